The van der Waals surface area contributed by atoms with E-state index in [0.29, 0.717) is 0 Å². The van der Waals surface area contributed by atoms with Gasteiger partial charge in [0, 0.05) is 11.8 Å². The first-order valence-electron chi connectivity index (χ1n) is 3.74. The molecule has 0 radical (unpaired) electrons. The van der Waals surface area contributed by atoms with Crippen LogP contribution in [0.1, 0.15) is 19.8 Å². The van der Waals surface area contributed by atoms with Gasteiger partial charge in [-0.25, -0.2) is 4.79 Å². The molecule has 3 heteroatoms. The Hall–Kier alpha value is -0.440. The summed E-state index contributed by atoms with van der Waals surface area (Å²) in [5, 5.41) is 8.22. The van der Waals surface area contributed by atoms with Gasteiger partial charge in [0.1, 0.15) is 0 Å². The van der Waals surface area contributed by atoms with Crippen LogP contribution >= 0.6 is 11.8 Å². The summed E-state index contributed by atoms with van der Waals surface area (Å²) in [6.45, 7) is 2.15. The third-order valence-corrected chi connectivity index (χ3v) is 2.12. The molecule has 0 rings (SSSR count). The first-order valence-corrected chi connectivity index (χ1v) is 4.90. The standard InChI is InChI=1S/C8H14O2S/c1-2-3-6-11-7-4-5-8(9)10/h4-5H,2-3,6-7H2,1H3,(H,9,10). The van der Waals surface area contributed by atoms with Gasteiger partial charge in [-0.3, -0.25) is 0 Å². The van der Waals surface area contributed by atoms with Gasteiger partial charge < -0.3 is 5.11 Å². The normalized spacial score (nSPS) is 10.6. The molecule has 0 bridgehead atoms. The number of aliphatic carboxylic acids is 1. The molecule has 0 saturated carbocycles. The smallest absolute Gasteiger partial charge is 0.328 e. The van der Waals surface area contributed by atoms with E-state index in [-0.39, 0.29) is 0 Å². The summed E-state index contributed by atoms with van der Waals surface area (Å²) < 4.78 is 0. The van der Waals surface area contributed by atoms with Gasteiger partial charge in [0.05, 0.1) is 0 Å². The van der Waals surface area contributed by atoms with Crippen LogP contribution in [-0.4, -0.2) is 22.6 Å². The lowest BCUT2D eigenvalue weighted by Gasteiger charge is -1.93. The van der Waals surface area contributed by atoms with Crippen LogP contribution in [0.15, 0.2) is 12.2 Å². The first-order chi connectivity index (χ1) is 5.27. The largest absolute Gasteiger partial charge is 0.478 e. The molecule has 1 N–H and O–H groups in total. The number of hydrogen-bond donors (Lipinski definition) is 1. The third kappa shape index (κ3) is 9.56. The van der Waals surface area contributed by atoms with Crippen molar-refractivity contribution in [1.82, 2.24) is 0 Å². The van der Waals surface area contributed by atoms with Crippen LogP contribution in [0, 0.1) is 0 Å². The highest BCUT2D eigenvalue weighted by atomic mass is 32.2. The molecule has 0 atom stereocenters. The molecule has 0 aliphatic carbocycles. The summed E-state index contributed by atoms with van der Waals surface area (Å²) in [5.74, 6) is 1.08. The number of thioether (sulfide) groups is 1. The molecule has 64 valence electrons. The van der Waals surface area contributed by atoms with Crippen LogP contribution in [0.2, 0.25) is 0 Å². The van der Waals surface area contributed by atoms with Crippen molar-refractivity contribution in [1.29, 1.82) is 0 Å². The molecular formula is C8H14O2S. The Kier molecular flexibility index (Phi) is 7.36. The summed E-state index contributed by atoms with van der Waals surface area (Å²) in [5.41, 5.74) is 0. The van der Waals surface area contributed by atoms with E-state index in [1.165, 1.54) is 18.9 Å². The fourth-order valence-electron chi connectivity index (χ4n) is 0.547. The van der Waals surface area contributed by atoms with Crippen molar-refractivity contribution in [3.8, 4) is 0 Å². The molecule has 0 aliphatic heterocycles. The van der Waals surface area contributed by atoms with E-state index in [0.717, 1.165) is 11.5 Å². The van der Waals surface area contributed by atoms with Crippen molar-refractivity contribution in [3.63, 3.8) is 0 Å². The van der Waals surface area contributed by atoms with Gasteiger partial charge in [0.25, 0.3) is 0 Å². The molecule has 0 fully saturated rings. The minimum atomic E-state index is -0.860. The Labute approximate surface area is 71.7 Å². The summed E-state index contributed by atoms with van der Waals surface area (Å²) in [6.07, 6.45) is 5.29. The van der Waals surface area contributed by atoms with E-state index in [9.17, 15) is 4.79 Å². The summed E-state index contributed by atoms with van der Waals surface area (Å²) in [4.78, 5) is 9.99. The van der Waals surface area contributed by atoms with Crippen molar-refractivity contribution < 1.29 is 9.90 Å². The van der Waals surface area contributed by atoms with Crippen molar-refractivity contribution in [2.75, 3.05) is 11.5 Å². The molecule has 0 unspecified atom stereocenters. The lowest BCUT2D eigenvalue weighted by atomic mass is 10.4. The summed E-state index contributed by atoms with van der Waals surface area (Å²) in [7, 11) is 0. The highest BCUT2D eigenvalue weighted by Crippen LogP contribution is 2.03. The fraction of sp³-hybridized carbons (Fsp3) is 0.625. The predicted octanol–water partition coefficient (Wildman–Crippen LogP) is 2.16. The van der Waals surface area contributed by atoms with Gasteiger partial charge in [-0.1, -0.05) is 19.4 Å². The average Bonchev–Trinajstić information content (AvgIpc) is 1.96. The fourth-order valence-corrected chi connectivity index (χ4v) is 1.44. The van der Waals surface area contributed by atoms with Crippen LogP contribution in [-0.2, 0) is 4.79 Å². The summed E-state index contributed by atoms with van der Waals surface area (Å²) >= 11 is 1.77. The zero-order valence-corrected chi connectivity index (χ0v) is 7.56. The van der Waals surface area contributed by atoms with Crippen LogP contribution in [0.5, 0.6) is 0 Å². The van der Waals surface area contributed by atoms with E-state index in [1.807, 2.05) is 0 Å². The monoisotopic (exact) mass is 174 g/mol. The third-order valence-electron chi connectivity index (χ3n) is 1.12. The second kappa shape index (κ2) is 7.66. The van der Waals surface area contributed by atoms with E-state index in [1.54, 1.807) is 17.8 Å². The van der Waals surface area contributed by atoms with Gasteiger partial charge >= 0.3 is 5.97 Å². The Bertz CT molecular complexity index is 132. The maximum atomic E-state index is 9.99. The molecule has 0 aromatic carbocycles. The van der Waals surface area contributed by atoms with E-state index in [4.69, 9.17) is 5.11 Å². The topological polar surface area (TPSA) is 37.3 Å². The molecular weight excluding hydrogens is 160 g/mol. The second-order valence-corrected chi connectivity index (χ2v) is 3.32. The highest BCUT2D eigenvalue weighted by molar-refractivity contribution is 7.99. The molecule has 0 amide bonds. The van der Waals surface area contributed by atoms with Crippen molar-refractivity contribution >= 4 is 17.7 Å². The minimum absolute atomic E-state index is 0.812. The number of unbranched alkanes of at least 4 members (excludes halogenated alkanes) is 1. The second-order valence-electron chi connectivity index (χ2n) is 2.17. The Morgan fingerprint density at radius 3 is 2.91 bits per heavy atom. The van der Waals surface area contributed by atoms with Crippen molar-refractivity contribution in [3.05, 3.63) is 12.2 Å². The summed E-state index contributed by atoms with van der Waals surface area (Å²) in [6, 6.07) is 0. The molecule has 2 nitrogen and oxygen atoms in total. The maximum absolute atomic E-state index is 9.99. The van der Waals surface area contributed by atoms with E-state index < -0.39 is 5.97 Å². The molecule has 0 aliphatic rings. The molecule has 11 heavy (non-hydrogen) atoms. The van der Waals surface area contributed by atoms with Crippen LogP contribution in [0.4, 0.5) is 0 Å². The van der Waals surface area contributed by atoms with Crippen LogP contribution in [0.25, 0.3) is 0 Å². The average molecular weight is 174 g/mol. The van der Waals surface area contributed by atoms with E-state index in [2.05, 4.69) is 6.92 Å². The van der Waals surface area contributed by atoms with Gasteiger partial charge in [-0.15, -0.1) is 0 Å². The zero-order chi connectivity index (χ0) is 8.53. The van der Waals surface area contributed by atoms with Gasteiger partial charge in [-0.05, 0) is 12.2 Å². The lowest BCUT2D eigenvalue weighted by molar-refractivity contribution is -0.131. The number of carboxylic acid groups (broad SMARTS) is 1. The molecule has 0 heterocycles. The van der Waals surface area contributed by atoms with Crippen LogP contribution < -0.4 is 0 Å². The lowest BCUT2D eigenvalue weighted by Crippen LogP contribution is -1.86. The molecule has 0 aromatic heterocycles. The minimum Gasteiger partial charge on any atom is -0.478 e. The van der Waals surface area contributed by atoms with Crippen molar-refractivity contribution in [2.24, 2.45) is 0 Å². The Balaban J connectivity index is 3.07. The van der Waals surface area contributed by atoms with Gasteiger partial charge in [0.15, 0.2) is 0 Å². The first kappa shape index (κ1) is 10.6. The highest BCUT2D eigenvalue weighted by Gasteiger charge is 1.86. The van der Waals surface area contributed by atoms with Crippen LogP contribution in [0.3, 0.4) is 0 Å². The number of rotatable bonds is 6. The number of carbonyl (C=O) groups is 1. The Morgan fingerprint density at radius 2 is 2.36 bits per heavy atom. The molecule has 0 aromatic rings. The van der Waals surface area contributed by atoms with E-state index >= 15 is 0 Å². The molecule has 0 saturated heterocycles. The van der Waals surface area contributed by atoms with Gasteiger partial charge in [-0.2, -0.15) is 11.8 Å². The van der Waals surface area contributed by atoms with Crippen molar-refractivity contribution in [2.45, 2.75) is 19.8 Å². The number of hydrogen-bond acceptors (Lipinski definition) is 2. The SMILES string of the molecule is CCCCSCC=CC(=O)O. The maximum Gasteiger partial charge on any atom is 0.328 e. The zero-order valence-electron chi connectivity index (χ0n) is 6.75. The predicted molar refractivity (Wildman–Crippen MR) is 49.0 cm³/mol. The Morgan fingerprint density at radius 1 is 1.64 bits per heavy atom. The van der Waals surface area contributed by atoms with Gasteiger partial charge in [0.2, 0.25) is 0 Å². The quantitative estimate of drug-likeness (QED) is 0.495. The molecule has 0 spiro atoms. The number of carboxylic acids is 1.